The van der Waals surface area contributed by atoms with Gasteiger partial charge < -0.3 is 9.71 Å². The number of anilines is 1. The number of ketones is 1. The van der Waals surface area contributed by atoms with E-state index in [1.165, 1.54) is 12.3 Å². The average Bonchev–Trinajstić information content (AvgIpc) is 3.00. The van der Waals surface area contributed by atoms with Crippen molar-refractivity contribution < 1.29 is 13.4 Å². The number of aromatic amines is 1. The van der Waals surface area contributed by atoms with Gasteiger partial charge in [0.1, 0.15) is 22.5 Å². The van der Waals surface area contributed by atoms with Gasteiger partial charge in [-0.3, -0.25) is 4.79 Å². The van der Waals surface area contributed by atoms with Crippen molar-refractivity contribution in [1.82, 2.24) is 9.97 Å². The van der Waals surface area contributed by atoms with Gasteiger partial charge in [0.05, 0.1) is 16.3 Å². The molecule has 136 valence electrons. The molecule has 1 aromatic carbocycles. The summed E-state index contributed by atoms with van der Waals surface area (Å²) in [7, 11) is -1.36. The largest absolute Gasteiger partial charge is 0.345 e. The number of H-pyrrole nitrogens is 1. The lowest BCUT2D eigenvalue weighted by Gasteiger charge is -2.11. The number of carbonyl (C=O) groups is 1. The van der Waals surface area contributed by atoms with Crippen molar-refractivity contribution in [2.24, 2.45) is 0 Å². The summed E-state index contributed by atoms with van der Waals surface area (Å²) in [5.41, 5.74) is 0.737. The van der Waals surface area contributed by atoms with Gasteiger partial charge in [0.2, 0.25) is 0 Å². The molecule has 9 heteroatoms. The van der Waals surface area contributed by atoms with Gasteiger partial charge in [-0.2, -0.15) is 0 Å². The van der Waals surface area contributed by atoms with Crippen LogP contribution in [0.5, 0.6) is 0 Å². The molecule has 0 amide bonds. The summed E-state index contributed by atoms with van der Waals surface area (Å²) >= 11 is 9.57. The summed E-state index contributed by atoms with van der Waals surface area (Å²) in [5.74, 6) is -0.910. The highest BCUT2D eigenvalue weighted by Crippen LogP contribution is 2.32. The second-order valence-corrected chi connectivity index (χ2v) is 8.11. The molecule has 0 aliphatic rings. The first-order valence-electron chi connectivity index (χ1n) is 7.72. The van der Waals surface area contributed by atoms with E-state index < -0.39 is 22.6 Å². The Morgan fingerprint density at radius 3 is 2.96 bits per heavy atom. The maximum Gasteiger partial charge on any atom is 0.199 e. The lowest BCUT2D eigenvalue weighted by Crippen LogP contribution is -2.11. The zero-order chi connectivity index (χ0) is 18.8. The number of nitrogens with one attached hydrogen (secondary N) is 2. The predicted molar refractivity (Wildman–Crippen MR) is 106 cm³/mol. The molecular weight excluding hydrogens is 445 g/mol. The third-order valence-corrected chi connectivity index (χ3v) is 5.73. The topological polar surface area (TPSA) is 74.8 Å². The summed E-state index contributed by atoms with van der Waals surface area (Å²) in [5, 5.41) is 0.449. The summed E-state index contributed by atoms with van der Waals surface area (Å²) in [6, 6.07) is 4.22. The summed E-state index contributed by atoms with van der Waals surface area (Å²) < 4.78 is 29.7. The fourth-order valence-electron chi connectivity index (χ4n) is 2.50. The van der Waals surface area contributed by atoms with Crippen LogP contribution in [0.25, 0.3) is 11.0 Å². The van der Waals surface area contributed by atoms with E-state index in [2.05, 4.69) is 30.6 Å². The van der Waals surface area contributed by atoms with Crippen LogP contribution in [0.1, 0.15) is 29.3 Å². The molecule has 2 N–H and O–H groups in total. The monoisotopic (exact) mass is 457 g/mol. The molecule has 1 atom stereocenters. The minimum absolute atomic E-state index is 0.100. The van der Waals surface area contributed by atoms with Crippen molar-refractivity contribution in [3.63, 3.8) is 0 Å². The molecule has 0 aliphatic carbocycles. The lowest BCUT2D eigenvalue weighted by atomic mass is 10.0. The first-order chi connectivity index (χ1) is 12.4. The molecule has 3 rings (SSSR count). The number of hydrogen-bond acceptors (Lipinski definition) is 3. The van der Waals surface area contributed by atoms with Gasteiger partial charge in [-0.25, -0.2) is 13.6 Å². The molecule has 26 heavy (non-hydrogen) atoms. The molecule has 0 aliphatic heterocycles. The van der Waals surface area contributed by atoms with E-state index >= 15 is 0 Å². The molecule has 2 aromatic heterocycles. The number of carbonyl (C=O) groups excluding carboxylic acids is 1. The van der Waals surface area contributed by atoms with Gasteiger partial charge in [0.15, 0.2) is 5.78 Å². The number of fused-ring (bicyclic) bond motifs is 1. The van der Waals surface area contributed by atoms with Crippen molar-refractivity contribution >= 4 is 61.0 Å². The zero-order valence-corrected chi connectivity index (χ0v) is 16.8. The van der Waals surface area contributed by atoms with Crippen LogP contribution in [-0.4, -0.2) is 25.7 Å². The second kappa shape index (κ2) is 7.85. The Labute approximate surface area is 165 Å². The lowest BCUT2D eigenvalue weighted by molar-refractivity contribution is 0.103. The van der Waals surface area contributed by atoms with Gasteiger partial charge in [-0.15, -0.1) is 0 Å². The van der Waals surface area contributed by atoms with Crippen molar-refractivity contribution in [1.29, 1.82) is 0 Å². The van der Waals surface area contributed by atoms with Crippen LogP contribution in [0.4, 0.5) is 10.1 Å². The zero-order valence-electron chi connectivity index (χ0n) is 13.6. The second-order valence-electron chi connectivity index (χ2n) is 5.52. The molecule has 3 aromatic rings. The maximum absolute atomic E-state index is 14.4. The van der Waals surface area contributed by atoms with Crippen LogP contribution in [0, 0.1) is 5.82 Å². The Morgan fingerprint density at radius 2 is 2.23 bits per heavy atom. The first kappa shape index (κ1) is 19.0. The van der Waals surface area contributed by atoms with Crippen LogP contribution >= 0.6 is 27.5 Å². The standard InChI is InChI=1S/C17H14BrClFN3O2S/c1-2-5-26(25)23-13-4-3-12(20)14(15(13)19)16(24)11-8-22-17-10(11)6-9(18)7-21-17/h3-4,6-8,23H,2,5H2,1H3,(H,21,22). The Hall–Kier alpha value is -1.77. The van der Waals surface area contributed by atoms with Crippen LogP contribution < -0.4 is 4.72 Å². The van der Waals surface area contributed by atoms with Crippen LogP contribution in [0.2, 0.25) is 5.02 Å². The molecule has 0 fully saturated rings. The minimum atomic E-state index is -1.36. The smallest absolute Gasteiger partial charge is 0.199 e. The predicted octanol–water partition coefficient (Wildman–Crippen LogP) is 4.83. The Balaban J connectivity index is 2.06. The number of halogens is 3. The molecule has 1 unspecified atom stereocenters. The SMILES string of the molecule is CCCS(=O)Nc1ccc(F)c(C(=O)c2c[nH]c3ncc(Br)cc23)c1Cl. The van der Waals surface area contributed by atoms with Gasteiger partial charge in [0, 0.05) is 33.6 Å². The number of hydrogen-bond donors (Lipinski definition) is 2. The van der Waals surface area contributed by atoms with Crippen LogP contribution in [0.3, 0.4) is 0 Å². The highest BCUT2D eigenvalue weighted by atomic mass is 79.9. The number of aromatic nitrogens is 2. The van der Waals surface area contributed by atoms with Gasteiger partial charge >= 0.3 is 0 Å². The van der Waals surface area contributed by atoms with E-state index in [9.17, 15) is 13.4 Å². The van der Waals surface area contributed by atoms with Gasteiger partial charge in [-0.05, 0) is 40.5 Å². The Kier molecular flexibility index (Phi) is 5.74. The normalized spacial score (nSPS) is 12.3. The molecule has 0 saturated carbocycles. The van der Waals surface area contributed by atoms with Crippen LogP contribution in [0.15, 0.2) is 35.1 Å². The third-order valence-electron chi connectivity index (χ3n) is 3.67. The van der Waals surface area contributed by atoms with Crippen LogP contribution in [-0.2, 0) is 11.0 Å². The summed E-state index contributed by atoms with van der Waals surface area (Å²) in [6.45, 7) is 1.89. The van der Waals surface area contributed by atoms with Crippen molar-refractivity contribution in [3.8, 4) is 0 Å². The average molecular weight is 459 g/mol. The van der Waals surface area contributed by atoms with E-state index in [1.807, 2.05) is 6.92 Å². The summed E-state index contributed by atoms with van der Waals surface area (Å²) in [4.78, 5) is 20.0. The molecule has 5 nitrogen and oxygen atoms in total. The van der Waals surface area contributed by atoms with Crippen molar-refractivity contribution in [3.05, 3.63) is 57.0 Å². The van der Waals surface area contributed by atoms with Crippen molar-refractivity contribution in [2.45, 2.75) is 13.3 Å². The Bertz CT molecular complexity index is 1020. The van der Waals surface area contributed by atoms with E-state index in [0.717, 1.165) is 6.07 Å². The van der Waals surface area contributed by atoms with E-state index in [4.69, 9.17) is 11.6 Å². The molecule has 2 heterocycles. The quantitative estimate of drug-likeness (QED) is 0.519. The highest BCUT2D eigenvalue weighted by molar-refractivity contribution is 9.10. The molecule has 0 spiro atoms. The minimum Gasteiger partial charge on any atom is -0.345 e. The number of pyridine rings is 1. The highest BCUT2D eigenvalue weighted by Gasteiger charge is 2.23. The first-order valence-corrected chi connectivity index (χ1v) is 10.2. The molecule has 0 radical (unpaired) electrons. The van der Waals surface area contributed by atoms with Gasteiger partial charge in [-0.1, -0.05) is 18.5 Å². The molecule has 0 bridgehead atoms. The van der Waals surface area contributed by atoms with Crippen molar-refractivity contribution in [2.75, 3.05) is 10.5 Å². The summed E-state index contributed by atoms with van der Waals surface area (Å²) in [6.07, 6.45) is 3.77. The maximum atomic E-state index is 14.4. The number of benzene rings is 1. The van der Waals surface area contributed by atoms with E-state index in [1.54, 1.807) is 12.3 Å². The fourth-order valence-corrected chi connectivity index (χ4v) is 4.06. The molecular formula is C17H14BrClFN3O2S. The fraction of sp³-hybridized carbons (Fsp3) is 0.176. The number of nitrogens with zero attached hydrogens (tertiary/aromatic N) is 1. The van der Waals surface area contributed by atoms with E-state index in [-0.39, 0.29) is 21.8 Å². The van der Waals surface area contributed by atoms with E-state index in [0.29, 0.717) is 27.7 Å². The van der Waals surface area contributed by atoms with Gasteiger partial charge in [0.25, 0.3) is 0 Å². The number of rotatable bonds is 6. The Morgan fingerprint density at radius 1 is 1.46 bits per heavy atom. The third kappa shape index (κ3) is 3.67. The molecule has 0 saturated heterocycles.